The third kappa shape index (κ3) is 10.3. The van der Waals surface area contributed by atoms with Gasteiger partial charge in [0.15, 0.2) is 0 Å². The maximum atomic E-state index is 13.6. The molecule has 0 spiro atoms. The Morgan fingerprint density at radius 2 is 1.09 bits per heavy atom. The number of amides is 4. The van der Waals surface area contributed by atoms with E-state index in [4.69, 9.17) is 9.41 Å². The molecule has 1 heterocycles. The summed E-state index contributed by atoms with van der Waals surface area (Å²) in [6.07, 6.45) is 0. The van der Waals surface area contributed by atoms with E-state index in [1.54, 1.807) is 47.9 Å². The van der Waals surface area contributed by atoms with Crippen LogP contribution in [0, 0.1) is 41.5 Å². The number of carbonyl (C=O) groups excluding carboxylic acids is 2. The van der Waals surface area contributed by atoms with E-state index in [1.807, 2.05) is 95.2 Å². The van der Waals surface area contributed by atoms with E-state index in [9.17, 15) is 35.5 Å². The predicted octanol–water partition coefficient (Wildman–Crippen LogP) is 11.8. The molecule has 17 heteroatoms. The predicted molar refractivity (Wildman–Crippen MR) is 270 cm³/mol. The summed E-state index contributed by atoms with van der Waals surface area (Å²) in [6, 6.07) is 16.4. The number of anilines is 4. The van der Waals surface area contributed by atoms with Crippen LogP contribution in [0.4, 0.5) is 38.0 Å². The third-order valence-electron chi connectivity index (χ3n) is 12.1. The van der Waals surface area contributed by atoms with Crippen LogP contribution in [0.2, 0.25) is 0 Å². The zero-order chi connectivity index (χ0) is 50.5. The maximum Gasteiger partial charge on any atom is 0.322 e. The fourth-order valence-corrected chi connectivity index (χ4v) is 10.6. The Hall–Kier alpha value is -6.27. The number of fused-ring (bicyclic) bond motifs is 2. The lowest BCUT2D eigenvalue weighted by atomic mass is 9.93. The van der Waals surface area contributed by atoms with Gasteiger partial charge in [-0.15, -0.1) is 0 Å². The van der Waals surface area contributed by atoms with Crippen LogP contribution < -0.4 is 21.3 Å². The molecule has 0 fully saturated rings. The highest BCUT2D eigenvalue weighted by Gasteiger charge is 2.29. The number of hydrogen-bond donors (Lipinski definition) is 5. The minimum atomic E-state index is -5.02. The molecule has 0 atom stereocenters. The van der Waals surface area contributed by atoms with Gasteiger partial charge in [-0.25, -0.2) is 14.6 Å². The lowest BCUT2D eigenvalue weighted by Crippen LogP contribution is -2.44. The van der Waals surface area contributed by atoms with Crippen molar-refractivity contribution in [2.24, 2.45) is 4.99 Å². The maximum absolute atomic E-state index is 13.6. The standard InChI is InChI=1S/C51H62N6O9S2/c1-26(2)56(27(3)4)50(58)54-48-32(11)21-30(9)46(34(48)13)52-36-19-20-37-41(23-36)66-42-25-40(44(68(63,64)65)24-39(42)45(37)38-17-15-16-18-43(38)67(60,61)62)53-47-31(10)22-33(12)49(35(47)14)55-51(59)57(28(5)6)29(7)8/h15-29,52H,1-14H3,(H,54,58)(H,55,59)(H,60,61,62)(H,63,64,65)/b53-40-. The molecule has 0 radical (unpaired) electrons. The van der Waals surface area contributed by atoms with Crippen LogP contribution in [0.5, 0.6) is 0 Å². The first kappa shape index (κ1) is 51.1. The van der Waals surface area contributed by atoms with E-state index >= 15 is 0 Å². The molecule has 68 heavy (non-hydrogen) atoms. The summed E-state index contributed by atoms with van der Waals surface area (Å²) in [5, 5.41) is 9.81. The van der Waals surface area contributed by atoms with Crippen molar-refractivity contribution >= 4 is 71.7 Å². The first-order chi connectivity index (χ1) is 31.6. The summed E-state index contributed by atoms with van der Waals surface area (Å²) in [6.45, 7) is 26.7. The molecule has 0 unspecified atom stereocenters. The van der Waals surface area contributed by atoms with Gasteiger partial charge in [0.25, 0.3) is 20.2 Å². The summed E-state index contributed by atoms with van der Waals surface area (Å²) < 4.78 is 80.5. The molecular weight excluding hydrogens is 905 g/mol. The van der Waals surface area contributed by atoms with Gasteiger partial charge in [0, 0.05) is 69.8 Å². The highest BCUT2D eigenvalue weighted by Crippen LogP contribution is 2.44. The van der Waals surface area contributed by atoms with Gasteiger partial charge in [0.1, 0.15) is 21.1 Å². The van der Waals surface area contributed by atoms with Crippen LogP contribution in [0.25, 0.3) is 33.4 Å². The van der Waals surface area contributed by atoms with E-state index in [1.165, 1.54) is 30.3 Å². The van der Waals surface area contributed by atoms with Gasteiger partial charge in [0.05, 0.1) is 22.4 Å². The molecule has 1 aliphatic carbocycles. The Labute approximate surface area is 399 Å². The average molecular weight is 967 g/mol. The van der Waals surface area contributed by atoms with Gasteiger partial charge in [-0.3, -0.25) is 9.11 Å². The SMILES string of the molecule is Cc1cc(C)c(NC(=O)N(C(C)C)C(C)C)c(C)c1/N=c1/cc2oc3cc(Nc4c(C)cc(C)c(NC(=O)N(C(C)C)C(C)C)c4C)ccc3c(-c3ccccc3S(=O)(=O)O)c-2cc1S(=O)(=O)O. The summed E-state index contributed by atoms with van der Waals surface area (Å²) in [7, 11) is -9.86. The van der Waals surface area contributed by atoms with Crippen LogP contribution in [0.1, 0.15) is 88.8 Å². The largest absolute Gasteiger partial charge is 0.456 e. The molecule has 2 aliphatic rings. The van der Waals surface area contributed by atoms with Gasteiger partial charge < -0.3 is 30.2 Å². The van der Waals surface area contributed by atoms with Gasteiger partial charge in [-0.2, -0.15) is 16.8 Å². The van der Waals surface area contributed by atoms with Crippen LogP contribution >= 0.6 is 0 Å². The van der Waals surface area contributed by atoms with Gasteiger partial charge in [-0.1, -0.05) is 30.3 Å². The topological polar surface area (TPSA) is 211 Å². The lowest BCUT2D eigenvalue weighted by Gasteiger charge is -2.31. The molecule has 0 bridgehead atoms. The van der Waals surface area contributed by atoms with E-state index in [-0.39, 0.29) is 69.6 Å². The fraction of sp³-hybridized carbons (Fsp3) is 0.353. The second-order valence-corrected chi connectivity index (χ2v) is 21.3. The van der Waals surface area contributed by atoms with Crippen LogP contribution in [-0.2, 0) is 20.2 Å². The summed E-state index contributed by atoms with van der Waals surface area (Å²) in [5.41, 5.74) is 7.82. The van der Waals surface area contributed by atoms with Crippen molar-refractivity contribution in [3.63, 3.8) is 0 Å². The molecule has 5 N–H and O–H groups in total. The Morgan fingerprint density at radius 3 is 1.62 bits per heavy atom. The second-order valence-electron chi connectivity index (χ2n) is 18.5. The Balaban J connectivity index is 1.62. The molecule has 4 aromatic rings. The van der Waals surface area contributed by atoms with Crippen LogP contribution in [0.3, 0.4) is 0 Å². The normalized spacial score (nSPS) is 12.5. The van der Waals surface area contributed by atoms with E-state index in [0.29, 0.717) is 39.3 Å². The molecule has 0 saturated heterocycles. The summed E-state index contributed by atoms with van der Waals surface area (Å²) in [4.78, 5) is 34.4. The summed E-state index contributed by atoms with van der Waals surface area (Å²) >= 11 is 0. The van der Waals surface area contributed by atoms with Crippen molar-refractivity contribution in [3.05, 3.63) is 105 Å². The Morgan fingerprint density at radius 1 is 0.588 bits per heavy atom. The Kier molecular flexibility index (Phi) is 14.6. The zero-order valence-corrected chi connectivity index (χ0v) is 42.7. The number of nitrogens with one attached hydrogen (secondary N) is 3. The molecule has 1 aliphatic heterocycles. The molecular formula is C51H62N6O9S2. The van der Waals surface area contributed by atoms with Crippen molar-refractivity contribution in [1.29, 1.82) is 0 Å². The van der Waals surface area contributed by atoms with Crippen molar-refractivity contribution in [3.8, 4) is 22.5 Å². The molecule has 4 aromatic carbocycles. The Bertz CT molecular complexity index is 3230. The van der Waals surface area contributed by atoms with Crippen molar-refractivity contribution < 1.29 is 39.9 Å². The minimum absolute atomic E-state index is 0.0384. The molecule has 0 saturated carbocycles. The van der Waals surface area contributed by atoms with E-state index in [2.05, 4.69) is 16.0 Å². The van der Waals surface area contributed by atoms with Gasteiger partial charge in [-0.05, 0) is 155 Å². The minimum Gasteiger partial charge on any atom is -0.456 e. The van der Waals surface area contributed by atoms with E-state index in [0.717, 1.165) is 27.9 Å². The van der Waals surface area contributed by atoms with Crippen molar-refractivity contribution in [2.45, 2.75) is 131 Å². The van der Waals surface area contributed by atoms with Gasteiger partial charge in [0.2, 0.25) is 0 Å². The number of urea groups is 2. The molecule has 0 aromatic heterocycles. The van der Waals surface area contributed by atoms with Crippen molar-refractivity contribution in [1.82, 2.24) is 9.80 Å². The first-order valence-electron chi connectivity index (χ1n) is 22.4. The highest BCUT2D eigenvalue weighted by atomic mass is 32.2. The third-order valence-corrected chi connectivity index (χ3v) is 13.9. The number of benzene rings is 5. The quantitative estimate of drug-likeness (QED) is 0.0578. The second kappa shape index (κ2) is 19.4. The molecule has 362 valence electrons. The lowest BCUT2D eigenvalue weighted by molar-refractivity contribution is 0.177. The fourth-order valence-electron chi connectivity index (χ4n) is 9.31. The van der Waals surface area contributed by atoms with Gasteiger partial charge >= 0.3 is 12.1 Å². The molecule has 15 nitrogen and oxygen atoms in total. The number of hydrogen-bond acceptors (Lipinski definition) is 9. The average Bonchev–Trinajstić information content (AvgIpc) is 3.21. The molecule has 6 rings (SSSR count). The summed E-state index contributed by atoms with van der Waals surface area (Å²) in [5.74, 6) is 0.0638. The number of rotatable bonds is 12. The van der Waals surface area contributed by atoms with E-state index < -0.39 is 30.0 Å². The number of nitrogens with zero attached hydrogens (tertiary/aromatic N) is 3. The highest BCUT2D eigenvalue weighted by molar-refractivity contribution is 7.86. The smallest absolute Gasteiger partial charge is 0.322 e. The monoisotopic (exact) mass is 966 g/mol. The van der Waals surface area contributed by atoms with Crippen LogP contribution in [-0.4, -0.2) is 72.0 Å². The van der Waals surface area contributed by atoms with Crippen molar-refractivity contribution in [2.75, 3.05) is 16.0 Å². The van der Waals surface area contributed by atoms with Crippen LogP contribution in [0.15, 0.2) is 85.9 Å². The number of aryl methyl sites for hydroxylation is 4. The number of carbonyl (C=O) groups is 2. The first-order valence-corrected chi connectivity index (χ1v) is 25.3. The zero-order valence-electron chi connectivity index (χ0n) is 41.1. The molecule has 4 amide bonds.